The van der Waals surface area contributed by atoms with Gasteiger partial charge in [0.2, 0.25) is 15.9 Å². The first-order valence-electron chi connectivity index (χ1n) is 9.42. The van der Waals surface area contributed by atoms with Crippen molar-refractivity contribution in [2.45, 2.75) is 31.0 Å². The van der Waals surface area contributed by atoms with Crippen LogP contribution in [0.1, 0.15) is 29.8 Å². The highest BCUT2D eigenvalue weighted by Crippen LogP contribution is 2.15. The fourth-order valence-corrected chi connectivity index (χ4v) is 3.73. The molecule has 0 aromatic heterocycles. The summed E-state index contributed by atoms with van der Waals surface area (Å²) in [6.45, 7) is 1.99. The van der Waals surface area contributed by atoms with Crippen molar-refractivity contribution in [3.05, 3.63) is 65.7 Å². The SMILES string of the molecule is CC(C)NS(=O)(=O)c1ccc(/C=C/C(=O)Nc2ccc(C(=O)NCC(F)(F)F)cc2)cc1. The Morgan fingerprint density at radius 2 is 1.59 bits per heavy atom. The maximum atomic E-state index is 12.2. The Bertz CT molecular complexity index is 1080. The molecule has 0 aliphatic carbocycles. The van der Waals surface area contributed by atoms with Crippen LogP contribution in [0, 0.1) is 0 Å². The van der Waals surface area contributed by atoms with Gasteiger partial charge in [-0.25, -0.2) is 13.1 Å². The van der Waals surface area contributed by atoms with Crippen LogP contribution >= 0.6 is 0 Å². The van der Waals surface area contributed by atoms with Gasteiger partial charge in [-0.2, -0.15) is 13.2 Å². The molecule has 172 valence electrons. The lowest BCUT2D eigenvalue weighted by Crippen LogP contribution is -2.33. The van der Waals surface area contributed by atoms with Crippen molar-refractivity contribution in [1.82, 2.24) is 10.0 Å². The number of hydrogen-bond donors (Lipinski definition) is 3. The van der Waals surface area contributed by atoms with Gasteiger partial charge in [0.1, 0.15) is 6.54 Å². The highest BCUT2D eigenvalue weighted by Gasteiger charge is 2.27. The second-order valence-corrected chi connectivity index (χ2v) is 8.76. The number of carbonyl (C=O) groups excluding carboxylic acids is 2. The van der Waals surface area contributed by atoms with E-state index in [0.717, 1.165) is 0 Å². The van der Waals surface area contributed by atoms with Crippen molar-refractivity contribution in [3.8, 4) is 0 Å². The van der Waals surface area contributed by atoms with Crippen molar-refractivity contribution in [2.75, 3.05) is 11.9 Å². The van der Waals surface area contributed by atoms with Gasteiger partial charge in [-0.15, -0.1) is 0 Å². The molecule has 0 aliphatic rings. The summed E-state index contributed by atoms with van der Waals surface area (Å²) in [7, 11) is -3.61. The summed E-state index contributed by atoms with van der Waals surface area (Å²) in [5.74, 6) is -1.37. The van der Waals surface area contributed by atoms with Crippen LogP contribution in [-0.2, 0) is 14.8 Å². The molecule has 2 aromatic rings. The van der Waals surface area contributed by atoms with Crippen molar-refractivity contribution in [3.63, 3.8) is 0 Å². The summed E-state index contributed by atoms with van der Waals surface area (Å²) >= 11 is 0. The van der Waals surface area contributed by atoms with Crippen molar-refractivity contribution >= 4 is 33.6 Å². The minimum absolute atomic E-state index is 0.0183. The van der Waals surface area contributed by atoms with E-state index in [4.69, 9.17) is 0 Å². The lowest BCUT2D eigenvalue weighted by molar-refractivity contribution is -0.123. The Morgan fingerprint density at radius 3 is 2.12 bits per heavy atom. The zero-order valence-corrected chi connectivity index (χ0v) is 18.0. The molecule has 0 saturated heterocycles. The average Bonchev–Trinajstić information content (AvgIpc) is 2.70. The summed E-state index contributed by atoms with van der Waals surface area (Å²) in [4.78, 5) is 23.8. The fraction of sp³-hybridized carbons (Fsp3) is 0.238. The second-order valence-electron chi connectivity index (χ2n) is 7.04. The lowest BCUT2D eigenvalue weighted by atomic mass is 10.2. The standard InChI is InChI=1S/C21H22F3N3O4S/c1-14(2)27-32(30,31)18-10-3-15(4-11-18)5-12-19(28)26-17-8-6-16(7-9-17)20(29)25-13-21(22,23)24/h3-12,14,27H,13H2,1-2H3,(H,25,29)(H,26,28)/b12-5+. The molecular weight excluding hydrogens is 447 g/mol. The molecule has 0 aliphatic heterocycles. The first-order chi connectivity index (χ1) is 14.9. The third kappa shape index (κ3) is 8.16. The quantitative estimate of drug-likeness (QED) is 0.516. The monoisotopic (exact) mass is 469 g/mol. The molecule has 2 aromatic carbocycles. The van der Waals surface area contributed by atoms with E-state index in [0.29, 0.717) is 11.3 Å². The van der Waals surface area contributed by atoms with Gasteiger partial charge in [-0.05, 0) is 61.9 Å². The molecule has 2 amide bonds. The van der Waals surface area contributed by atoms with Gasteiger partial charge in [0.15, 0.2) is 0 Å². The average molecular weight is 469 g/mol. The molecule has 0 saturated carbocycles. The number of hydrogen-bond acceptors (Lipinski definition) is 4. The number of halogens is 3. The molecule has 0 fully saturated rings. The van der Waals surface area contributed by atoms with Crippen LogP contribution in [0.25, 0.3) is 6.08 Å². The van der Waals surface area contributed by atoms with Crippen molar-refractivity contribution in [2.24, 2.45) is 0 Å². The highest BCUT2D eigenvalue weighted by atomic mass is 32.2. The van der Waals surface area contributed by atoms with Gasteiger partial charge in [0.25, 0.3) is 5.91 Å². The molecule has 0 heterocycles. The minimum atomic E-state index is -4.50. The van der Waals surface area contributed by atoms with Gasteiger partial charge in [-0.3, -0.25) is 9.59 Å². The van der Waals surface area contributed by atoms with E-state index in [-0.39, 0.29) is 16.5 Å². The van der Waals surface area contributed by atoms with E-state index in [1.807, 2.05) is 0 Å². The molecule has 0 radical (unpaired) electrons. The molecule has 2 rings (SSSR count). The third-order valence-corrected chi connectivity index (χ3v) is 5.55. The Balaban J connectivity index is 1.94. The molecule has 0 spiro atoms. The normalized spacial score (nSPS) is 12.2. The fourth-order valence-electron chi connectivity index (χ4n) is 2.48. The maximum absolute atomic E-state index is 12.2. The van der Waals surface area contributed by atoms with Gasteiger partial charge < -0.3 is 10.6 Å². The number of nitrogens with one attached hydrogen (secondary N) is 3. The summed E-state index contributed by atoms with van der Waals surface area (Å²) in [5.41, 5.74) is 0.957. The summed E-state index contributed by atoms with van der Waals surface area (Å²) in [6.07, 6.45) is -1.78. The van der Waals surface area contributed by atoms with E-state index in [1.165, 1.54) is 48.6 Å². The lowest BCUT2D eigenvalue weighted by Gasteiger charge is -2.09. The zero-order chi connectivity index (χ0) is 23.9. The van der Waals surface area contributed by atoms with E-state index >= 15 is 0 Å². The van der Waals surface area contributed by atoms with Gasteiger partial charge in [-0.1, -0.05) is 12.1 Å². The topological polar surface area (TPSA) is 104 Å². The molecule has 0 bridgehead atoms. The number of alkyl halides is 3. The van der Waals surface area contributed by atoms with Crippen molar-refractivity contribution in [1.29, 1.82) is 0 Å². The number of anilines is 1. The smallest absolute Gasteiger partial charge is 0.343 e. The largest absolute Gasteiger partial charge is 0.405 e. The maximum Gasteiger partial charge on any atom is 0.405 e. The third-order valence-electron chi connectivity index (χ3n) is 3.87. The minimum Gasteiger partial charge on any atom is -0.343 e. The predicted octanol–water partition coefficient (Wildman–Crippen LogP) is 3.32. The van der Waals surface area contributed by atoms with Crippen LogP contribution < -0.4 is 15.4 Å². The van der Waals surface area contributed by atoms with Crippen LogP contribution in [0.3, 0.4) is 0 Å². The van der Waals surface area contributed by atoms with Crippen LogP contribution in [-0.4, -0.2) is 39.0 Å². The Labute approximate surface area is 183 Å². The Morgan fingerprint density at radius 1 is 1.00 bits per heavy atom. The highest BCUT2D eigenvalue weighted by molar-refractivity contribution is 7.89. The van der Waals surface area contributed by atoms with Gasteiger partial charge in [0.05, 0.1) is 4.90 Å². The van der Waals surface area contributed by atoms with Gasteiger partial charge >= 0.3 is 6.18 Å². The number of benzene rings is 2. The number of carbonyl (C=O) groups is 2. The summed E-state index contributed by atoms with van der Waals surface area (Å²) in [5, 5.41) is 4.30. The van der Waals surface area contributed by atoms with Gasteiger partial charge in [0, 0.05) is 23.4 Å². The summed E-state index contributed by atoms with van der Waals surface area (Å²) in [6, 6.07) is 11.0. The van der Waals surface area contributed by atoms with E-state index in [9.17, 15) is 31.2 Å². The first kappa shape index (κ1) is 25.1. The predicted molar refractivity (Wildman–Crippen MR) is 114 cm³/mol. The summed E-state index contributed by atoms with van der Waals surface area (Å²) < 4.78 is 63.1. The number of rotatable bonds is 8. The Hall–Kier alpha value is -3.18. The van der Waals surface area contributed by atoms with E-state index < -0.39 is 34.6 Å². The van der Waals surface area contributed by atoms with E-state index in [2.05, 4.69) is 10.0 Å². The molecule has 32 heavy (non-hydrogen) atoms. The second kappa shape index (κ2) is 10.4. The van der Waals surface area contributed by atoms with Crippen LogP contribution in [0.4, 0.5) is 18.9 Å². The number of amides is 2. The van der Waals surface area contributed by atoms with Crippen LogP contribution in [0.15, 0.2) is 59.5 Å². The number of sulfonamides is 1. The van der Waals surface area contributed by atoms with Crippen LogP contribution in [0.2, 0.25) is 0 Å². The van der Waals surface area contributed by atoms with Crippen molar-refractivity contribution < 1.29 is 31.2 Å². The van der Waals surface area contributed by atoms with Crippen LogP contribution in [0.5, 0.6) is 0 Å². The molecule has 0 atom stereocenters. The first-order valence-corrected chi connectivity index (χ1v) is 10.9. The Kier molecular flexibility index (Phi) is 8.17. The molecule has 11 heteroatoms. The molecular formula is C21H22F3N3O4S. The van der Waals surface area contributed by atoms with E-state index in [1.54, 1.807) is 31.3 Å². The molecule has 7 nitrogen and oxygen atoms in total. The molecule has 3 N–H and O–H groups in total. The molecule has 0 unspecified atom stereocenters. The zero-order valence-electron chi connectivity index (χ0n) is 17.2.